The predicted octanol–water partition coefficient (Wildman–Crippen LogP) is 4.70. The lowest BCUT2D eigenvalue weighted by Crippen LogP contribution is -2.09. The lowest BCUT2D eigenvalue weighted by molar-refractivity contribution is -0.115. The molecule has 0 bridgehead atoms. The van der Waals surface area contributed by atoms with E-state index in [1.54, 1.807) is 44.4 Å². The van der Waals surface area contributed by atoms with Crippen LogP contribution in [0.4, 0.5) is 5.69 Å². The predicted molar refractivity (Wildman–Crippen MR) is 99.4 cm³/mol. The standard InChI is InChI=1S/C19H18BrNO3/c1-3-19(23)21-16-6-4-5-13(12-16)17(22)9-7-14-11-15(20)8-10-18(14)24-2/h4-12H,3H2,1-2H3,(H,21,23)/b9-7+. The molecule has 124 valence electrons. The summed E-state index contributed by atoms with van der Waals surface area (Å²) < 4.78 is 6.19. The van der Waals surface area contributed by atoms with Crippen LogP contribution in [0.25, 0.3) is 6.08 Å². The van der Waals surface area contributed by atoms with Crippen LogP contribution in [0, 0.1) is 0 Å². The summed E-state index contributed by atoms with van der Waals surface area (Å²) in [5, 5.41) is 2.74. The normalized spacial score (nSPS) is 10.6. The van der Waals surface area contributed by atoms with Crippen molar-refractivity contribution in [3.05, 3.63) is 64.1 Å². The van der Waals surface area contributed by atoms with Crippen molar-refractivity contribution in [3.63, 3.8) is 0 Å². The first-order valence-electron chi connectivity index (χ1n) is 7.49. The number of halogens is 1. The van der Waals surface area contributed by atoms with Gasteiger partial charge in [-0.1, -0.05) is 35.0 Å². The molecular weight excluding hydrogens is 370 g/mol. The number of amides is 1. The van der Waals surface area contributed by atoms with Crippen LogP contribution in [0.5, 0.6) is 5.75 Å². The number of benzene rings is 2. The fourth-order valence-electron chi connectivity index (χ4n) is 2.10. The zero-order chi connectivity index (χ0) is 17.5. The van der Waals surface area contributed by atoms with Crippen molar-refractivity contribution in [1.82, 2.24) is 0 Å². The maximum Gasteiger partial charge on any atom is 0.224 e. The second-order valence-electron chi connectivity index (χ2n) is 5.07. The van der Waals surface area contributed by atoms with Gasteiger partial charge in [-0.2, -0.15) is 0 Å². The van der Waals surface area contributed by atoms with E-state index in [9.17, 15) is 9.59 Å². The van der Waals surface area contributed by atoms with Gasteiger partial charge in [-0.15, -0.1) is 0 Å². The Labute approximate surface area is 149 Å². The van der Waals surface area contributed by atoms with Gasteiger partial charge in [0.2, 0.25) is 5.91 Å². The van der Waals surface area contributed by atoms with Crippen molar-refractivity contribution in [2.45, 2.75) is 13.3 Å². The Hall–Kier alpha value is -2.40. The Bertz CT molecular complexity index is 784. The van der Waals surface area contributed by atoms with Gasteiger partial charge in [0.1, 0.15) is 5.75 Å². The number of ether oxygens (including phenoxy) is 1. The molecule has 0 aliphatic rings. The lowest BCUT2D eigenvalue weighted by atomic mass is 10.1. The third-order valence-electron chi connectivity index (χ3n) is 3.36. The van der Waals surface area contributed by atoms with E-state index < -0.39 is 0 Å². The topological polar surface area (TPSA) is 55.4 Å². The van der Waals surface area contributed by atoms with Crippen LogP contribution in [-0.4, -0.2) is 18.8 Å². The second kappa shape index (κ2) is 8.45. The van der Waals surface area contributed by atoms with E-state index >= 15 is 0 Å². The molecule has 5 heteroatoms. The summed E-state index contributed by atoms with van der Waals surface area (Å²) in [5.74, 6) is 0.449. The summed E-state index contributed by atoms with van der Waals surface area (Å²) in [5.41, 5.74) is 1.92. The molecule has 1 amide bonds. The van der Waals surface area contributed by atoms with Crippen molar-refractivity contribution in [1.29, 1.82) is 0 Å². The van der Waals surface area contributed by atoms with Crippen LogP contribution in [0.15, 0.2) is 53.0 Å². The molecule has 1 N–H and O–H groups in total. The van der Waals surface area contributed by atoms with E-state index in [4.69, 9.17) is 4.74 Å². The fourth-order valence-corrected chi connectivity index (χ4v) is 2.48. The van der Waals surface area contributed by atoms with Gasteiger partial charge in [0, 0.05) is 27.7 Å². The van der Waals surface area contributed by atoms with Crippen molar-refractivity contribution in [2.24, 2.45) is 0 Å². The molecule has 2 aromatic rings. The van der Waals surface area contributed by atoms with E-state index in [-0.39, 0.29) is 11.7 Å². The Morgan fingerprint density at radius 3 is 2.71 bits per heavy atom. The smallest absolute Gasteiger partial charge is 0.224 e. The van der Waals surface area contributed by atoms with Gasteiger partial charge in [0.25, 0.3) is 0 Å². The number of hydrogen-bond donors (Lipinski definition) is 1. The average Bonchev–Trinajstić information content (AvgIpc) is 2.59. The summed E-state index contributed by atoms with van der Waals surface area (Å²) in [4.78, 5) is 23.8. The van der Waals surface area contributed by atoms with Gasteiger partial charge in [-0.3, -0.25) is 9.59 Å². The van der Waals surface area contributed by atoms with Crippen LogP contribution in [0.1, 0.15) is 29.3 Å². The Morgan fingerprint density at radius 1 is 1.21 bits per heavy atom. The average molecular weight is 388 g/mol. The molecule has 2 aromatic carbocycles. The molecule has 0 radical (unpaired) electrons. The molecule has 0 unspecified atom stereocenters. The van der Waals surface area contributed by atoms with Gasteiger partial charge in [-0.25, -0.2) is 0 Å². The molecule has 0 saturated heterocycles. The molecule has 2 rings (SSSR count). The molecule has 0 fully saturated rings. The van der Waals surface area contributed by atoms with Crippen LogP contribution >= 0.6 is 15.9 Å². The molecule has 0 aliphatic carbocycles. The van der Waals surface area contributed by atoms with Crippen molar-refractivity contribution < 1.29 is 14.3 Å². The minimum absolute atomic E-state index is 0.0889. The van der Waals surface area contributed by atoms with Crippen LogP contribution < -0.4 is 10.1 Å². The maximum atomic E-state index is 12.4. The number of anilines is 1. The zero-order valence-corrected chi connectivity index (χ0v) is 15.1. The summed E-state index contributed by atoms with van der Waals surface area (Å²) >= 11 is 3.40. The van der Waals surface area contributed by atoms with Gasteiger partial charge in [0.15, 0.2) is 5.78 Å². The molecule has 0 aromatic heterocycles. The molecule has 24 heavy (non-hydrogen) atoms. The van der Waals surface area contributed by atoms with E-state index in [0.29, 0.717) is 23.4 Å². The fraction of sp³-hybridized carbons (Fsp3) is 0.158. The molecule has 0 heterocycles. The minimum atomic E-state index is -0.148. The monoisotopic (exact) mass is 387 g/mol. The second-order valence-corrected chi connectivity index (χ2v) is 5.98. The SMILES string of the molecule is CCC(=O)Nc1cccc(C(=O)/C=C/c2cc(Br)ccc2OC)c1. The van der Waals surface area contributed by atoms with E-state index in [1.165, 1.54) is 6.08 Å². The highest BCUT2D eigenvalue weighted by atomic mass is 79.9. The highest BCUT2D eigenvalue weighted by Gasteiger charge is 2.06. The molecule has 0 spiro atoms. The number of carbonyl (C=O) groups is 2. The Morgan fingerprint density at radius 2 is 2.00 bits per heavy atom. The number of ketones is 1. The van der Waals surface area contributed by atoms with Crippen LogP contribution in [0.3, 0.4) is 0 Å². The van der Waals surface area contributed by atoms with E-state index in [1.807, 2.05) is 18.2 Å². The molecule has 0 saturated carbocycles. The third kappa shape index (κ3) is 4.80. The first-order chi connectivity index (χ1) is 11.5. The van der Waals surface area contributed by atoms with Crippen molar-refractivity contribution in [2.75, 3.05) is 12.4 Å². The molecule has 0 aliphatic heterocycles. The molecular formula is C19H18BrNO3. The molecule has 4 nitrogen and oxygen atoms in total. The Kier molecular flexibility index (Phi) is 6.32. The number of hydrogen-bond acceptors (Lipinski definition) is 3. The van der Waals surface area contributed by atoms with Gasteiger partial charge in [-0.05, 0) is 42.5 Å². The Balaban J connectivity index is 2.19. The van der Waals surface area contributed by atoms with E-state index in [2.05, 4.69) is 21.2 Å². The number of allylic oxidation sites excluding steroid dienone is 1. The quantitative estimate of drug-likeness (QED) is 0.577. The lowest BCUT2D eigenvalue weighted by Gasteiger charge is -2.06. The van der Waals surface area contributed by atoms with Crippen molar-refractivity contribution in [3.8, 4) is 5.75 Å². The first kappa shape index (κ1) is 17.9. The highest BCUT2D eigenvalue weighted by Crippen LogP contribution is 2.24. The van der Waals surface area contributed by atoms with Crippen LogP contribution in [-0.2, 0) is 4.79 Å². The maximum absolute atomic E-state index is 12.4. The van der Waals surface area contributed by atoms with Crippen molar-refractivity contribution >= 4 is 39.4 Å². The largest absolute Gasteiger partial charge is 0.496 e. The number of carbonyl (C=O) groups excluding carboxylic acids is 2. The summed E-state index contributed by atoms with van der Waals surface area (Å²) in [6, 6.07) is 12.5. The number of nitrogens with one attached hydrogen (secondary N) is 1. The summed E-state index contributed by atoms with van der Waals surface area (Å²) in [7, 11) is 1.59. The van der Waals surface area contributed by atoms with Gasteiger partial charge in [0.05, 0.1) is 7.11 Å². The van der Waals surface area contributed by atoms with Gasteiger partial charge >= 0.3 is 0 Å². The highest BCUT2D eigenvalue weighted by molar-refractivity contribution is 9.10. The minimum Gasteiger partial charge on any atom is -0.496 e. The van der Waals surface area contributed by atoms with E-state index in [0.717, 1.165) is 10.0 Å². The first-order valence-corrected chi connectivity index (χ1v) is 8.28. The van der Waals surface area contributed by atoms with Gasteiger partial charge < -0.3 is 10.1 Å². The zero-order valence-electron chi connectivity index (χ0n) is 13.5. The number of rotatable bonds is 6. The third-order valence-corrected chi connectivity index (χ3v) is 3.85. The number of methoxy groups -OCH3 is 1. The summed E-state index contributed by atoms with van der Waals surface area (Å²) in [6.07, 6.45) is 3.59. The van der Waals surface area contributed by atoms with Crippen LogP contribution in [0.2, 0.25) is 0 Å². The molecule has 0 atom stereocenters. The summed E-state index contributed by atoms with van der Waals surface area (Å²) in [6.45, 7) is 1.78.